The molecule has 0 fully saturated rings. The number of hydrogen-bond donors (Lipinski definition) is 1. The van der Waals surface area contributed by atoms with E-state index in [1.165, 1.54) is 44.1 Å². The fraction of sp³-hybridized carbons (Fsp3) is 0.650. The SMILES string of the molecule is CCCCCCCCCc1c(C(C)(C)C)ccc(O)c1C=O. The van der Waals surface area contributed by atoms with E-state index in [1.54, 1.807) is 6.07 Å². The first kappa shape index (κ1) is 18.7. The molecule has 0 aromatic heterocycles. The number of benzene rings is 1. The molecule has 0 aliphatic carbocycles. The first-order valence-electron chi connectivity index (χ1n) is 8.72. The normalized spacial score (nSPS) is 11.6. The highest BCUT2D eigenvalue weighted by atomic mass is 16.3. The monoisotopic (exact) mass is 304 g/mol. The van der Waals surface area contributed by atoms with Crippen LogP contribution < -0.4 is 0 Å². The molecule has 0 saturated carbocycles. The fourth-order valence-corrected chi connectivity index (χ4v) is 3.01. The highest BCUT2D eigenvalue weighted by Crippen LogP contribution is 2.32. The molecule has 0 saturated heterocycles. The highest BCUT2D eigenvalue weighted by molar-refractivity contribution is 5.82. The van der Waals surface area contributed by atoms with Gasteiger partial charge in [0.1, 0.15) is 5.75 Å². The van der Waals surface area contributed by atoms with E-state index in [-0.39, 0.29) is 11.2 Å². The summed E-state index contributed by atoms with van der Waals surface area (Å²) < 4.78 is 0. The van der Waals surface area contributed by atoms with E-state index in [0.29, 0.717) is 5.56 Å². The summed E-state index contributed by atoms with van der Waals surface area (Å²) in [6.45, 7) is 8.70. The largest absolute Gasteiger partial charge is 0.507 e. The van der Waals surface area contributed by atoms with E-state index in [0.717, 1.165) is 24.7 Å². The van der Waals surface area contributed by atoms with Gasteiger partial charge in [-0.1, -0.05) is 72.3 Å². The molecule has 0 bridgehead atoms. The van der Waals surface area contributed by atoms with Crippen molar-refractivity contribution in [1.29, 1.82) is 0 Å². The Morgan fingerprint density at radius 3 is 2.14 bits per heavy atom. The van der Waals surface area contributed by atoms with Gasteiger partial charge in [-0.3, -0.25) is 4.79 Å². The summed E-state index contributed by atoms with van der Waals surface area (Å²) in [7, 11) is 0. The van der Waals surface area contributed by atoms with Gasteiger partial charge in [0.15, 0.2) is 6.29 Å². The van der Waals surface area contributed by atoms with Crippen LogP contribution in [0.5, 0.6) is 5.75 Å². The van der Waals surface area contributed by atoms with Crippen LogP contribution in [0.15, 0.2) is 12.1 Å². The summed E-state index contributed by atoms with van der Waals surface area (Å²) >= 11 is 0. The zero-order valence-electron chi connectivity index (χ0n) is 14.7. The number of rotatable bonds is 9. The van der Waals surface area contributed by atoms with E-state index < -0.39 is 0 Å². The second-order valence-corrected chi connectivity index (χ2v) is 7.26. The Bertz CT molecular complexity index is 469. The van der Waals surface area contributed by atoms with Crippen LogP contribution >= 0.6 is 0 Å². The zero-order chi connectivity index (χ0) is 16.6. The minimum Gasteiger partial charge on any atom is -0.507 e. The number of unbranched alkanes of at least 4 members (excludes halogenated alkanes) is 6. The Balaban J connectivity index is 2.71. The standard InChI is InChI=1S/C20H32O2/c1-5-6-7-8-9-10-11-12-16-17(15-21)19(22)14-13-18(16)20(2,3)4/h13-15,22H,5-12H2,1-4H3. The fourth-order valence-electron chi connectivity index (χ4n) is 3.01. The number of aromatic hydroxyl groups is 1. The molecule has 1 aromatic carbocycles. The summed E-state index contributed by atoms with van der Waals surface area (Å²) in [6.07, 6.45) is 10.5. The molecule has 0 atom stereocenters. The van der Waals surface area contributed by atoms with Crippen LogP contribution in [0.4, 0.5) is 0 Å². The van der Waals surface area contributed by atoms with Gasteiger partial charge in [-0.2, -0.15) is 0 Å². The predicted octanol–water partition coefficient (Wildman–Crippen LogP) is 5.80. The maximum Gasteiger partial charge on any atom is 0.154 e. The van der Waals surface area contributed by atoms with Gasteiger partial charge in [-0.25, -0.2) is 0 Å². The van der Waals surface area contributed by atoms with Crippen molar-refractivity contribution in [2.45, 2.75) is 84.5 Å². The smallest absolute Gasteiger partial charge is 0.154 e. The lowest BCUT2D eigenvalue weighted by Crippen LogP contribution is -2.16. The van der Waals surface area contributed by atoms with Crippen LogP contribution in [-0.2, 0) is 11.8 Å². The molecule has 124 valence electrons. The summed E-state index contributed by atoms with van der Waals surface area (Å²) in [5.41, 5.74) is 2.69. The average molecular weight is 304 g/mol. The van der Waals surface area contributed by atoms with Gasteiger partial charge in [0.2, 0.25) is 0 Å². The van der Waals surface area contributed by atoms with Crippen LogP contribution in [0.3, 0.4) is 0 Å². The Kier molecular flexibility index (Phi) is 7.64. The molecule has 0 aliphatic heterocycles. The van der Waals surface area contributed by atoms with Crippen LogP contribution in [-0.4, -0.2) is 11.4 Å². The van der Waals surface area contributed by atoms with E-state index in [4.69, 9.17) is 0 Å². The van der Waals surface area contributed by atoms with Crippen molar-refractivity contribution in [2.75, 3.05) is 0 Å². The minimum atomic E-state index is -0.0120. The van der Waals surface area contributed by atoms with Crippen LogP contribution in [0.25, 0.3) is 0 Å². The molecule has 0 heterocycles. The lowest BCUT2D eigenvalue weighted by molar-refractivity contribution is 0.112. The lowest BCUT2D eigenvalue weighted by atomic mass is 9.80. The molecule has 0 unspecified atom stereocenters. The summed E-state index contributed by atoms with van der Waals surface area (Å²) in [5.74, 6) is 0.112. The van der Waals surface area contributed by atoms with Gasteiger partial charge in [0.25, 0.3) is 0 Å². The molecule has 22 heavy (non-hydrogen) atoms. The molecule has 0 spiro atoms. The molecule has 2 nitrogen and oxygen atoms in total. The Morgan fingerprint density at radius 2 is 1.59 bits per heavy atom. The van der Waals surface area contributed by atoms with E-state index >= 15 is 0 Å². The van der Waals surface area contributed by atoms with Gasteiger partial charge in [-0.15, -0.1) is 0 Å². The minimum absolute atomic E-state index is 0.0120. The molecular formula is C20H32O2. The number of aldehydes is 1. The summed E-state index contributed by atoms with van der Waals surface area (Å²) in [5, 5.41) is 9.95. The van der Waals surface area contributed by atoms with E-state index in [1.807, 2.05) is 6.07 Å². The molecule has 0 aliphatic rings. The van der Waals surface area contributed by atoms with Gasteiger partial charge in [-0.05, 0) is 35.4 Å². The number of hydrogen-bond acceptors (Lipinski definition) is 2. The third kappa shape index (κ3) is 5.47. The van der Waals surface area contributed by atoms with E-state index in [2.05, 4.69) is 27.7 Å². The van der Waals surface area contributed by atoms with Crippen LogP contribution in [0.1, 0.15) is 94.1 Å². The number of phenols is 1. The molecule has 1 N–H and O–H groups in total. The number of carbonyl (C=O) groups is 1. The van der Waals surface area contributed by atoms with E-state index in [9.17, 15) is 9.90 Å². The zero-order valence-corrected chi connectivity index (χ0v) is 14.7. The average Bonchev–Trinajstić information content (AvgIpc) is 2.45. The molecule has 0 amide bonds. The van der Waals surface area contributed by atoms with Gasteiger partial charge >= 0.3 is 0 Å². The van der Waals surface area contributed by atoms with Crippen molar-refractivity contribution in [2.24, 2.45) is 0 Å². The third-order valence-corrected chi connectivity index (χ3v) is 4.29. The maximum atomic E-state index is 11.4. The van der Waals surface area contributed by atoms with Gasteiger partial charge < -0.3 is 5.11 Å². The quantitative estimate of drug-likeness (QED) is 0.462. The Labute approximate surface area is 135 Å². The summed E-state index contributed by atoms with van der Waals surface area (Å²) in [6, 6.07) is 3.62. The first-order chi connectivity index (χ1) is 10.4. The Morgan fingerprint density at radius 1 is 1.00 bits per heavy atom. The molecule has 1 rings (SSSR count). The van der Waals surface area contributed by atoms with Crippen LogP contribution in [0, 0.1) is 0 Å². The molecule has 2 heteroatoms. The predicted molar refractivity (Wildman–Crippen MR) is 93.9 cm³/mol. The third-order valence-electron chi connectivity index (χ3n) is 4.29. The van der Waals surface area contributed by atoms with Crippen molar-refractivity contribution in [1.82, 2.24) is 0 Å². The maximum absolute atomic E-state index is 11.4. The van der Waals surface area contributed by atoms with Gasteiger partial charge in [0, 0.05) is 0 Å². The second-order valence-electron chi connectivity index (χ2n) is 7.26. The highest BCUT2D eigenvalue weighted by Gasteiger charge is 2.21. The molecular weight excluding hydrogens is 272 g/mol. The molecule has 0 radical (unpaired) electrons. The number of carbonyl (C=O) groups excluding carboxylic acids is 1. The Hall–Kier alpha value is -1.31. The molecule has 1 aromatic rings. The van der Waals surface area contributed by atoms with Crippen molar-refractivity contribution < 1.29 is 9.90 Å². The lowest BCUT2D eigenvalue weighted by Gasteiger charge is -2.24. The second kappa shape index (κ2) is 8.97. The van der Waals surface area contributed by atoms with Crippen molar-refractivity contribution in [3.63, 3.8) is 0 Å². The van der Waals surface area contributed by atoms with Crippen molar-refractivity contribution in [3.8, 4) is 5.75 Å². The summed E-state index contributed by atoms with van der Waals surface area (Å²) in [4.78, 5) is 11.4. The van der Waals surface area contributed by atoms with Crippen LogP contribution in [0.2, 0.25) is 0 Å². The van der Waals surface area contributed by atoms with Crippen molar-refractivity contribution >= 4 is 6.29 Å². The van der Waals surface area contributed by atoms with Crippen molar-refractivity contribution in [3.05, 3.63) is 28.8 Å². The topological polar surface area (TPSA) is 37.3 Å². The van der Waals surface area contributed by atoms with Gasteiger partial charge in [0.05, 0.1) is 5.56 Å². The number of phenolic OH excluding ortho intramolecular Hbond substituents is 1. The first-order valence-corrected chi connectivity index (χ1v) is 8.72.